The Kier molecular flexibility index (Phi) is 5.09. The van der Waals surface area contributed by atoms with Gasteiger partial charge >= 0.3 is 0 Å². The first kappa shape index (κ1) is 18.4. The van der Waals surface area contributed by atoms with Gasteiger partial charge in [0.1, 0.15) is 5.57 Å². The lowest BCUT2D eigenvalue weighted by atomic mass is 10.1. The Balaban J connectivity index is 2.06. The molecule has 8 heteroatoms. The molecule has 0 aromatic heterocycles. The number of phenols is 1. The van der Waals surface area contributed by atoms with E-state index in [-0.39, 0.29) is 27.9 Å². The molecule has 2 aromatic carbocycles. The van der Waals surface area contributed by atoms with Gasteiger partial charge in [0.25, 0.3) is 11.8 Å². The number of hydrogen-bond donors (Lipinski definition) is 2. The Morgan fingerprint density at radius 2 is 1.67 bits per heavy atom. The number of anilines is 1. The van der Waals surface area contributed by atoms with Gasteiger partial charge in [-0.05, 0) is 48.1 Å². The van der Waals surface area contributed by atoms with Gasteiger partial charge in [-0.3, -0.25) is 19.8 Å². The summed E-state index contributed by atoms with van der Waals surface area (Å²) in [6.45, 7) is 0. The molecule has 0 aliphatic carbocycles. The Hall–Kier alpha value is -3.39. The number of nitrogens with zero attached hydrogens (tertiary/aromatic N) is 1. The molecule has 138 valence electrons. The van der Waals surface area contributed by atoms with Crippen LogP contribution in [0.4, 0.5) is 5.69 Å². The van der Waals surface area contributed by atoms with Crippen molar-refractivity contribution < 1.29 is 24.2 Å². The van der Waals surface area contributed by atoms with Gasteiger partial charge in [0, 0.05) is 0 Å². The van der Waals surface area contributed by atoms with E-state index in [0.717, 1.165) is 0 Å². The van der Waals surface area contributed by atoms with Crippen molar-refractivity contribution in [2.24, 2.45) is 0 Å². The third-order valence-corrected chi connectivity index (χ3v) is 4.21. The lowest BCUT2D eigenvalue weighted by Crippen LogP contribution is -2.54. The molecule has 1 heterocycles. The standard InChI is InChI=1S/C19H16N2O5S/c1-25-14-9-11(10-15(26-2)16(14)22)8-13-17(23)20-19(27)21(18(13)24)12-6-4-3-5-7-12/h3-10,22H,1-2H3,(H,20,23,27). The van der Waals surface area contributed by atoms with Crippen LogP contribution in [0.5, 0.6) is 17.2 Å². The van der Waals surface area contributed by atoms with E-state index in [2.05, 4.69) is 5.32 Å². The lowest BCUT2D eigenvalue weighted by Gasteiger charge is -2.28. The SMILES string of the molecule is COc1cc(C=C2C(=O)NC(=S)N(c3ccccc3)C2=O)cc(OC)c1O. The average molecular weight is 384 g/mol. The first-order valence-electron chi connectivity index (χ1n) is 7.87. The number of ether oxygens (including phenoxy) is 2. The van der Waals surface area contributed by atoms with E-state index in [1.807, 2.05) is 6.07 Å². The molecule has 2 amide bonds. The molecule has 7 nitrogen and oxygen atoms in total. The zero-order chi connectivity index (χ0) is 19.6. The summed E-state index contributed by atoms with van der Waals surface area (Å²) in [6.07, 6.45) is 1.39. The van der Waals surface area contributed by atoms with Crippen LogP contribution < -0.4 is 19.7 Å². The van der Waals surface area contributed by atoms with Gasteiger partial charge in [-0.25, -0.2) is 0 Å². The predicted octanol–water partition coefficient (Wildman–Crippen LogP) is 2.24. The van der Waals surface area contributed by atoms with Crippen LogP contribution in [-0.2, 0) is 9.59 Å². The summed E-state index contributed by atoms with van der Waals surface area (Å²) in [4.78, 5) is 26.5. The quantitative estimate of drug-likeness (QED) is 0.478. The fourth-order valence-corrected chi connectivity index (χ4v) is 2.91. The summed E-state index contributed by atoms with van der Waals surface area (Å²) in [5.41, 5.74) is 0.877. The number of methoxy groups -OCH3 is 2. The molecule has 27 heavy (non-hydrogen) atoms. The monoisotopic (exact) mass is 384 g/mol. The summed E-state index contributed by atoms with van der Waals surface area (Å²) in [7, 11) is 2.78. The average Bonchev–Trinajstić information content (AvgIpc) is 2.66. The Morgan fingerprint density at radius 1 is 1.07 bits per heavy atom. The molecule has 1 aliphatic heterocycles. The molecule has 0 spiro atoms. The smallest absolute Gasteiger partial charge is 0.270 e. The summed E-state index contributed by atoms with van der Waals surface area (Å²) in [6, 6.07) is 11.8. The minimum atomic E-state index is -0.608. The summed E-state index contributed by atoms with van der Waals surface area (Å²) in [5, 5.41) is 12.5. The van der Waals surface area contributed by atoms with Gasteiger partial charge in [-0.15, -0.1) is 0 Å². The third-order valence-electron chi connectivity index (χ3n) is 3.93. The van der Waals surface area contributed by atoms with Crippen LogP contribution in [0.2, 0.25) is 0 Å². The lowest BCUT2D eigenvalue weighted by molar-refractivity contribution is -0.122. The fourth-order valence-electron chi connectivity index (χ4n) is 2.63. The molecule has 3 rings (SSSR count). The van der Waals surface area contributed by atoms with E-state index >= 15 is 0 Å². The number of rotatable bonds is 4. The maximum absolute atomic E-state index is 12.9. The maximum Gasteiger partial charge on any atom is 0.270 e. The molecular formula is C19H16N2O5S. The minimum Gasteiger partial charge on any atom is -0.502 e. The number of benzene rings is 2. The van der Waals surface area contributed by atoms with Gasteiger partial charge in [0.05, 0.1) is 19.9 Å². The van der Waals surface area contributed by atoms with Crippen molar-refractivity contribution in [1.82, 2.24) is 5.32 Å². The molecule has 0 unspecified atom stereocenters. The highest BCUT2D eigenvalue weighted by Gasteiger charge is 2.34. The number of para-hydroxylation sites is 1. The zero-order valence-corrected chi connectivity index (χ0v) is 15.4. The number of nitrogens with one attached hydrogen (secondary N) is 1. The first-order chi connectivity index (χ1) is 13.0. The second kappa shape index (κ2) is 7.46. The van der Waals surface area contributed by atoms with Crippen molar-refractivity contribution in [1.29, 1.82) is 0 Å². The van der Waals surface area contributed by atoms with E-state index in [9.17, 15) is 14.7 Å². The predicted molar refractivity (Wildman–Crippen MR) is 104 cm³/mol. The number of carbonyl (C=O) groups is 2. The minimum absolute atomic E-state index is 0.00853. The van der Waals surface area contributed by atoms with Gasteiger partial charge in [-0.2, -0.15) is 0 Å². The van der Waals surface area contributed by atoms with Gasteiger partial charge in [-0.1, -0.05) is 18.2 Å². The molecule has 1 saturated heterocycles. The zero-order valence-electron chi connectivity index (χ0n) is 14.6. The summed E-state index contributed by atoms with van der Waals surface area (Å²) >= 11 is 5.15. The van der Waals surface area contributed by atoms with Crippen LogP contribution in [-0.4, -0.2) is 36.3 Å². The molecule has 0 radical (unpaired) electrons. The van der Waals surface area contributed by atoms with Gasteiger partial charge in [0.15, 0.2) is 16.6 Å². The van der Waals surface area contributed by atoms with Crippen LogP contribution in [0.15, 0.2) is 48.0 Å². The molecule has 0 saturated carbocycles. The highest BCUT2D eigenvalue weighted by Crippen LogP contribution is 2.37. The highest BCUT2D eigenvalue weighted by atomic mass is 32.1. The highest BCUT2D eigenvalue weighted by molar-refractivity contribution is 7.80. The molecule has 1 aliphatic rings. The summed E-state index contributed by atoms with van der Waals surface area (Å²) < 4.78 is 10.2. The normalized spacial score (nSPS) is 15.7. The van der Waals surface area contributed by atoms with E-state index in [0.29, 0.717) is 11.3 Å². The number of phenolic OH excluding ortho intramolecular Hbond substituents is 1. The Labute approximate surface area is 160 Å². The number of carbonyl (C=O) groups excluding carboxylic acids is 2. The van der Waals surface area contributed by atoms with Crippen molar-refractivity contribution in [3.8, 4) is 17.2 Å². The molecular weight excluding hydrogens is 368 g/mol. The van der Waals surface area contributed by atoms with Crippen LogP contribution in [0.1, 0.15) is 5.56 Å². The van der Waals surface area contributed by atoms with E-state index in [4.69, 9.17) is 21.7 Å². The molecule has 1 fully saturated rings. The number of amides is 2. The third kappa shape index (κ3) is 3.47. The second-order valence-electron chi connectivity index (χ2n) is 5.57. The molecule has 2 N–H and O–H groups in total. The van der Waals surface area contributed by atoms with Crippen molar-refractivity contribution in [2.75, 3.05) is 19.1 Å². The molecule has 0 bridgehead atoms. The Morgan fingerprint density at radius 3 is 2.22 bits per heavy atom. The van der Waals surface area contributed by atoms with Gasteiger partial charge in [0.2, 0.25) is 5.75 Å². The molecule has 2 aromatic rings. The van der Waals surface area contributed by atoms with Crippen LogP contribution in [0, 0.1) is 0 Å². The molecule has 0 atom stereocenters. The Bertz CT molecular complexity index is 931. The number of aromatic hydroxyl groups is 1. The van der Waals surface area contributed by atoms with Crippen molar-refractivity contribution in [3.05, 3.63) is 53.6 Å². The van der Waals surface area contributed by atoms with Crippen molar-refractivity contribution in [2.45, 2.75) is 0 Å². The second-order valence-corrected chi connectivity index (χ2v) is 5.95. The van der Waals surface area contributed by atoms with E-state index in [1.165, 1.54) is 37.3 Å². The fraction of sp³-hybridized carbons (Fsp3) is 0.105. The van der Waals surface area contributed by atoms with E-state index < -0.39 is 11.8 Å². The first-order valence-corrected chi connectivity index (χ1v) is 8.28. The van der Waals surface area contributed by atoms with E-state index in [1.54, 1.807) is 24.3 Å². The van der Waals surface area contributed by atoms with Crippen LogP contribution in [0.3, 0.4) is 0 Å². The summed E-state index contributed by atoms with van der Waals surface area (Å²) in [5.74, 6) is -1.03. The topological polar surface area (TPSA) is 88.1 Å². The van der Waals surface area contributed by atoms with Crippen LogP contribution in [0.25, 0.3) is 6.08 Å². The number of hydrogen-bond acceptors (Lipinski definition) is 6. The van der Waals surface area contributed by atoms with Crippen LogP contribution >= 0.6 is 12.2 Å². The maximum atomic E-state index is 12.9. The largest absolute Gasteiger partial charge is 0.502 e. The number of thiocarbonyl (C=S) groups is 1. The van der Waals surface area contributed by atoms with Gasteiger partial charge < -0.3 is 14.6 Å². The van der Waals surface area contributed by atoms with Crippen molar-refractivity contribution >= 4 is 40.9 Å². The van der Waals surface area contributed by atoms with Crippen molar-refractivity contribution in [3.63, 3.8) is 0 Å².